The van der Waals surface area contributed by atoms with Gasteiger partial charge in [0.05, 0.1) is 29.4 Å². The van der Waals surface area contributed by atoms with Gasteiger partial charge in [-0.1, -0.05) is 54.1 Å². The van der Waals surface area contributed by atoms with Crippen molar-refractivity contribution in [1.29, 1.82) is 0 Å². The fraction of sp³-hybridized carbons (Fsp3) is 0.300. The van der Waals surface area contributed by atoms with Crippen LogP contribution in [-0.4, -0.2) is 66.8 Å². The van der Waals surface area contributed by atoms with Gasteiger partial charge in [0.2, 0.25) is 20.0 Å². The Morgan fingerprint density at radius 3 is 1.87 bits per heavy atom. The third kappa shape index (κ3) is 8.11. The van der Waals surface area contributed by atoms with Crippen molar-refractivity contribution in [2.45, 2.75) is 46.1 Å². The number of nitrogens with zero attached hydrogens (tertiary/aromatic N) is 2. The van der Waals surface area contributed by atoms with Gasteiger partial charge in [0.1, 0.15) is 11.3 Å². The third-order valence-electron chi connectivity index (χ3n) is 9.14. The Morgan fingerprint density at radius 2 is 1.32 bits per heavy atom. The van der Waals surface area contributed by atoms with E-state index in [-0.39, 0.29) is 41.2 Å². The minimum atomic E-state index is -3.94. The summed E-state index contributed by atoms with van der Waals surface area (Å²) in [5, 5.41) is 6.08. The van der Waals surface area contributed by atoms with Crippen molar-refractivity contribution in [2.24, 2.45) is 0 Å². The lowest BCUT2D eigenvalue weighted by Crippen LogP contribution is -2.40. The number of carbonyl (C=O) groups excluding carboxylic acids is 2. The Labute approximate surface area is 311 Å². The second-order valence-electron chi connectivity index (χ2n) is 14.6. The molecule has 13 heteroatoms. The predicted octanol–water partition coefficient (Wildman–Crippen LogP) is 6.29. The van der Waals surface area contributed by atoms with Crippen molar-refractivity contribution in [3.05, 3.63) is 107 Å². The summed E-state index contributed by atoms with van der Waals surface area (Å²) in [6.45, 7) is 7.62. The molecule has 11 nitrogen and oxygen atoms in total. The largest absolute Gasteiger partial charge is 0.455 e. The van der Waals surface area contributed by atoms with E-state index in [0.717, 1.165) is 29.2 Å². The Hall–Kier alpha value is -5.14. The van der Waals surface area contributed by atoms with Crippen LogP contribution in [0.15, 0.2) is 83.3 Å². The van der Waals surface area contributed by atoms with Gasteiger partial charge in [0.15, 0.2) is 0 Å². The fourth-order valence-corrected chi connectivity index (χ4v) is 8.41. The van der Waals surface area contributed by atoms with Gasteiger partial charge >= 0.3 is 0 Å². The molecule has 53 heavy (non-hydrogen) atoms. The van der Waals surface area contributed by atoms with E-state index in [9.17, 15) is 26.4 Å². The number of nitrogens with one attached hydrogen (secondary N) is 2. The van der Waals surface area contributed by atoms with Crippen molar-refractivity contribution in [2.75, 3.05) is 41.3 Å². The Balaban J connectivity index is 1.74. The molecule has 4 bridgehead atoms. The van der Waals surface area contributed by atoms with Crippen molar-refractivity contribution >= 4 is 54.2 Å². The molecule has 2 aliphatic heterocycles. The zero-order valence-corrected chi connectivity index (χ0v) is 32.5. The average Bonchev–Trinajstić information content (AvgIpc) is 3.44. The molecular weight excluding hydrogens is 713 g/mol. The highest BCUT2D eigenvalue weighted by Crippen LogP contribution is 2.43. The summed E-state index contributed by atoms with van der Waals surface area (Å²) in [7, 11) is -6.29. The normalized spacial score (nSPS) is 14.0. The number of aryl methyl sites for hydroxylation is 1. The molecule has 4 aromatic carbocycles. The first-order valence-electron chi connectivity index (χ1n) is 17.2. The van der Waals surface area contributed by atoms with Crippen LogP contribution < -0.4 is 19.2 Å². The maximum Gasteiger partial charge on any atom is 0.255 e. The molecular formula is C40H44N4O7S2. The standard InChI is InChI=1S/C40H44N4O7S2/c1-25-8-14-28(15-9-25)37-36(39(46)41-5)33-23-32-29-20-30(38(45)42-40(2,3)4)22-31(21-29)43(52(6,47)48)18-16-26-10-12-27(13-11-26)17-19-44(53(7,49)50)34(32)24-35(33)51-37/h8-15,20-24H,16-19H2,1-7H3,(H,41,46)(H,42,45). The van der Waals surface area contributed by atoms with Crippen molar-refractivity contribution in [3.8, 4) is 22.5 Å². The van der Waals surface area contributed by atoms with Crippen LogP contribution in [0.3, 0.4) is 0 Å². The van der Waals surface area contributed by atoms with Crippen LogP contribution in [0.2, 0.25) is 0 Å². The molecule has 3 heterocycles. The van der Waals surface area contributed by atoms with Crippen molar-refractivity contribution in [3.63, 3.8) is 0 Å². The maximum atomic E-state index is 13.8. The minimum absolute atomic E-state index is 0.0665. The molecule has 0 atom stereocenters. The summed E-state index contributed by atoms with van der Waals surface area (Å²) >= 11 is 0. The molecule has 278 valence electrons. The summed E-state index contributed by atoms with van der Waals surface area (Å²) in [6.07, 6.45) is 3.00. The molecule has 2 aliphatic rings. The van der Waals surface area contributed by atoms with Crippen molar-refractivity contribution in [1.82, 2.24) is 10.6 Å². The number of carbonyl (C=O) groups is 2. The molecule has 1 aromatic heterocycles. The summed E-state index contributed by atoms with van der Waals surface area (Å²) in [4.78, 5) is 27.4. The summed E-state index contributed by atoms with van der Waals surface area (Å²) in [5.74, 6) is -0.555. The first kappa shape index (κ1) is 37.6. The Morgan fingerprint density at radius 1 is 0.736 bits per heavy atom. The van der Waals surface area contributed by atoms with E-state index in [1.165, 1.54) is 21.7 Å². The summed E-state index contributed by atoms with van der Waals surface area (Å²) in [6, 6.07) is 23.2. The van der Waals surface area contributed by atoms with Gasteiger partial charge in [-0.3, -0.25) is 18.2 Å². The zero-order chi connectivity index (χ0) is 38.5. The molecule has 2 N–H and O–H groups in total. The summed E-state index contributed by atoms with van der Waals surface area (Å²) in [5.41, 5.74) is 4.72. The topological polar surface area (TPSA) is 146 Å². The number of rotatable bonds is 5. The lowest BCUT2D eigenvalue weighted by molar-refractivity contribution is 0.0918. The number of benzene rings is 4. The van der Waals surface area contributed by atoms with Crippen LogP contribution in [0.5, 0.6) is 0 Å². The molecule has 7 rings (SSSR count). The van der Waals surface area contributed by atoms with Gasteiger partial charge in [-0.05, 0) is 81.5 Å². The summed E-state index contributed by atoms with van der Waals surface area (Å²) < 4.78 is 63.3. The van der Waals surface area contributed by atoms with Gasteiger partial charge in [-0.2, -0.15) is 0 Å². The maximum absolute atomic E-state index is 13.8. The van der Waals surface area contributed by atoms with Gasteiger partial charge in [-0.15, -0.1) is 0 Å². The second-order valence-corrected chi connectivity index (χ2v) is 18.4. The molecule has 5 aromatic rings. The SMILES string of the molecule is CNC(=O)c1c(-c2ccc(C)cc2)oc2cc3c(cc12)-c1cc(C(=O)NC(C)(C)C)cc(c1)N(S(C)(=O)=O)CCc1ccc(cc1)CCN3S(C)(=O)=O. The first-order valence-corrected chi connectivity index (χ1v) is 20.9. The highest BCUT2D eigenvalue weighted by molar-refractivity contribution is 7.92. The second kappa shape index (κ2) is 14.0. The molecule has 0 saturated carbocycles. The number of hydrogen-bond donors (Lipinski definition) is 2. The highest BCUT2D eigenvalue weighted by atomic mass is 32.2. The molecule has 0 aliphatic carbocycles. The number of hydrogen-bond acceptors (Lipinski definition) is 7. The molecule has 2 amide bonds. The monoisotopic (exact) mass is 756 g/mol. The Kier molecular flexibility index (Phi) is 9.95. The van der Waals surface area contributed by atoms with Gasteiger partial charge in [-0.25, -0.2) is 16.8 Å². The van der Waals surface area contributed by atoms with Crippen LogP contribution in [0, 0.1) is 6.92 Å². The third-order valence-corrected chi connectivity index (χ3v) is 11.5. The molecule has 0 saturated heterocycles. The molecule has 0 unspecified atom stereocenters. The number of fused-ring (bicyclic) bond motifs is 7. The van der Waals surface area contributed by atoms with Crippen LogP contribution in [0.4, 0.5) is 11.4 Å². The smallest absolute Gasteiger partial charge is 0.255 e. The lowest BCUT2D eigenvalue weighted by atomic mass is 9.96. The number of sulfonamides is 2. The number of amides is 2. The van der Waals surface area contributed by atoms with E-state index in [4.69, 9.17) is 4.42 Å². The van der Waals surface area contributed by atoms with Crippen LogP contribution >= 0.6 is 0 Å². The van der Waals surface area contributed by atoms with E-state index >= 15 is 0 Å². The van der Waals surface area contributed by atoms with E-state index in [1.807, 2.05) is 76.2 Å². The minimum Gasteiger partial charge on any atom is -0.455 e. The zero-order valence-electron chi connectivity index (χ0n) is 30.9. The number of anilines is 2. The first-order chi connectivity index (χ1) is 24.8. The van der Waals surface area contributed by atoms with E-state index in [2.05, 4.69) is 10.6 Å². The fourth-order valence-electron chi connectivity index (χ4n) is 6.57. The molecule has 0 spiro atoms. The highest BCUT2D eigenvalue weighted by Gasteiger charge is 2.29. The van der Waals surface area contributed by atoms with E-state index < -0.39 is 37.4 Å². The van der Waals surface area contributed by atoms with Crippen molar-refractivity contribution < 1.29 is 30.8 Å². The number of furan rings is 1. The molecule has 0 radical (unpaired) electrons. The van der Waals surface area contributed by atoms with Gasteiger partial charge in [0.25, 0.3) is 11.8 Å². The molecule has 0 fully saturated rings. The van der Waals surface area contributed by atoms with Crippen LogP contribution in [0.25, 0.3) is 33.4 Å². The van der Waals surface area contributed by atoms with Gasteiger partial charge < -0.3 is 15.1 Å². The van der Waals surface area contributed by atoms with E-state index in [1.54, 1.807) is 24.3 Å². The van der Waals surface area contributed by atoms with E-state index in [0.29, 0.717) is 40.7 Å². The van der Waals surface area contributed by atoms with Crippen LogP contribution in [-0.2, 0) is 32.9 Å². The lowest BCUT2D eigenvalue weighted by Gasteiger charge is -2.27. The average molecular weight is 757 g/mol. The Bertz CT molecular complexity index is 2450. The quantitative estimate of drug-likeness (QED) is 0.214. The predicted molar refractivity (Wildman–Crippen MR) is 211 cm³/mol. The van der Waals surface area contributed by atoms with Gasteiger partial charge in [0, 0.05) is 53.8 Å². The van der Waals surface area contributed by atoms with Crippen LogP contribution in [0.1, 0.15) is 58.2 Å².